The van der Waals surface area contributed by atoms with Crippen molar-refractivity contribution in [1.29, 1.82) is 0 Å². The van der Waals surface area contributed by atoms with Gasteiger partial charge in [-0.3, -0.25) is 4.79 Å². The van der Waals surface area contributed by atoms with Crippen molar-refractivity contribution in [3.05, 3.63) is 53.4 Å². The molecule has 1 saturated heterocycles. The molecule has 1 aliphatic heterocycles. The summed E-state index contributed by atoms with van der Waals surface area (Å²) in [6.07, 6.45) is 2.27. The third-order valence-electron chi connectivity index (χ3n) is 4.46. The summed E-state index contributed by atoms with van der Waals surface area (Å²) in [6, 6.07) is 11.6. The number of aromatic nitrogens is 2. The highest BCUT2D eigenvalue weighted by Crippen LogP contribution is 2.26. The number of carbonyl (C=O) groups excluding carboxylic acids is 1. The van der Waals surface area contributed by atoms with Gasteiger partial charge in [-0.05, 0) is 31.9 Å². The highest BCUT2D eigenvalue weighted by atomic mass is 16.5. The van der Waals surface area contributed by atoms with Gasteiger partial charge in [0.25, 0.3) is 5.91 Å². The molecule has 1 amide bonds. The van der Waals surface area contributed by atoms with E-state index in [1.807, 2.05) is 43.3 Å². The van der Waals surface area contributed by atoms with E-state index in [1.165, 1.54) is 0 Å². The van der Waals surface area contributed by atoms with Crippen LogP contribution in [0.25, 0.3) is 10.9 Å². The lowest BCUT2D eigenvalue weighted by molar-refractivity contribution is 0.0950. The van der Waals surface area contributed by atoms with Crippen LogP contribution < -0.4 is 10.2 Å². The summed E-state index contributed by atoms with van der Waals surface area (Å²) in [5.41, 5.74) is 2.23. The Labute approximate surface area is 145 Å². The van der Waals surface area contributed by atoms with E-state index in [0.717, 1.165) is 48.4 Å². The molecule has 3 heterocycles. The molecule has 0 saturated carbocycles. The van der Waals surface area contributed by atoms with Crippen LogP contribution in [0.3, 0.4) is 0 Å². The van der Waals surface area contributed by atoms with Crippen LogP contribution in [-0.2, 0) is 6.54 Å². The molecule has 3 aromatic rings. The van der Waals surface area contributed by atoms with Crippen molar-refractivity contribution in [3.8, 4) is 0 Å². The van der Waals surface area contributed by atoms with E-state index in [9.17, 15) is 4.79 Å². The topological polar surface area (TPSA) is 71.3 Å². The van der Waals surface area contributed by atoms with E-state index >= 15 is 0 Å². The largest absolute Gasteiger partial charge is 0.361 e. The number of anilines is 1. The summed E-state index contributed by atoms with van der Waals surface area (Å²) in [6.45, 7) is 4.04. The van der Waals surface area contributed by atoms with Crippen LogP contribution in [0.2, 0.25) is 0 Å². The van der Waals surface area contributed by atoms with Gasteiger partial charge in [-0.15, -0.1) is 0 Å². The number of para-hydroxylation sites is 1. The third kappa shape index (κ3) is 3.20. The Bertz CT molecular complexity index is 913. The number of pyridine rings is 1. The molecule has 0 unspecified atom stereocenters. The molecule has 0 bridgehead atoms. The molecule has 2 aromatic heterocycles. The first-order chi connectivity index (χ1) is 12.2. The predicted octanol–water partition coefficient (Wildman–Crippen LogP) is 3.06. The summed E-state index contributed by atoms with van der Waals surface area (Å²) in [7, 11) is 0. The van der Waals surface area contributed by atoms with E-state index in [-0.39, 0.29) is 5.91 Å². The maximum atomic E-state index is 12.8. The first-order valence-corrected chi connectivity index (χ1v) is 8.56. The molecule has 1 fully saturated rings. The Morgan fingerprint density at radius 1 is 1.24 bits per heavy atom. The minimum absolute atomic E-state index is 0.138. The predicted molar refractivity (Wildman–Crippen MR) is 95.6 cm³/mol. The first kappa shape index (κ1) is 15.6. The maximum absolute atomic E-state index is 12.8. The molecular formula is C19H20N4O2. The summed E-state index contributed by atoms with van der Waals surface area (Å²) in [5.74, 6) is 1.36. The lowest BCUT2D eigenvalue weighted by Gasteiger charge is -2.20. The van der Waals surface area contributed by atoms with Gasteiger partial charge < -0.3 is 14.7 Å². The lowest BCUT2D eigenvalue weighted by atomic mass is 10.1. The number of amides is 1. The number of rotatable bonds is 4. The zero-order chi connectivity index (χ0) is 17.2. The van der Waals surface area contributed by atoms with Gasteiger partial charge >= 0.3 is 0 Å². The monoisotopic (exact) mass is 336 g/mol. The van der Waals surface area contributed by atoms with Crippen molar-refractivity contribution in [2.24, 2.45) is 0 Å². The molecule has 25 heavy (non-hydrogen) atoms. The quantitative estimate of drug-likeness (QED) is 0.793. The molecule has 6 nitrogen and oxygen atoms in total. The lowest BCUT2D eigenvalue weighted by Crippen LogP contribution is -2.28. The number of hydrogen-bond donors (Lipinski definition) is 1. The fourth-order valence-electron chi connectivity index (χ4n) is 3.21. The van der Waals surface area contributed by atoms with Crippen LogP contribution in [0.1, 0.15) is 34.7 Å². The van der Waals surface area contributed by atoms with Crippen molar-refractivity contribution in [2.45, 2.75) is 26.3 Å². The van der Waals surface area contributed by atoms with Crippen molar-refractivity contribution in [3.63, 3.8) is 0 Å². The zero-order valence-corrected chi connectivity index (χ0v) is 14.2. The smallest absolute Gasteiger partial charge is 0.255 e. The van der Waals surface area contributed by atoms with E-state index in [1.54, 1.807) is 0 Å². The molecule has 1 N–H and O–H groups in total. The van der Waals surface area contributed by atoms with Crippen LogP contribution in [0.5, 0.6) is 0 Å². The molecule has 6 heteroatoms. The van der Waals surface area contributed by atoms with Gasteiger partial charge in [0.1, 0.15) is 17.3 Å². The van der Waals surface area contributed by atoms with Crippen molar-refractivity contribution >= 4 is 22.6 Å². The zero-order valence-electron chi connectivity index (χ0n) is 14.2. The van der Waals surface area contributed by atoms with Crippen LogP contribution in [-0.4, -0.2) is 29.1 Å². The van der Waals surface area contributed by atoms with Crippen LogP contribution in [0.15, 0.2) is 40.9 Å². The van der Waals surface area contributed by atoms with Crippen molar-refractivity contribution in [1.82, 2.24) is 15.5 Å². The van der Waals surface area contributed by atoms with E-state index in [4.69, 9.17) is 9.51 Å². The number of nitrogens with one attached hydrogen (secondary N) is 1. The average molecular weight is 336 g/mol. The number of hydrogen-bond acceptors (Lipinski definition) is 5. The number of carbonyl (C=O) groups is 1. The Morgan fingerprint density at radius 2 is 2.04 bits per heavy atom. The van der Waals surface area contributed by atoms with Gasteiger partial charge in [0, 0.05) is 24.5 Å². The molecule has 1 aliphatic rings. The highest BCUT2D eigenvalue weighted by Gasteiger charge is 2.22. The second-order valence-corrected chi connectivity index (χ2v) is 6.36. The molecule has 0 radical (unpaired) electrons. The minimum atomic E-state index is -0.138. The van der Waals surface area contributed by atoms with Crippen molar-refractivity contribution < 1.29 is 9.32 Å². The average Bonchev–Trinajstić information content (AvgIpc) is 3.30. The second-order valence-electron chi connectivity index (χ2n) is 6.36. The Balaban J connectivity index is 1.65. The molecule has 0 aliphatic carbocycles. The summed E-state index contributed by atoms with van der Waals surface area (Å²) in [5, 5.41) is 7.81. The van der Waals surface area contributed by atoms with E-state index in [0.29, 0.717) is 17.8 Å². The van der Waals surface area contributed by atoms with Crippen LogP contribution in [0, 0.1) is 6.92 Å². The highest BCUT2D eigenvalue weighted by molar-refractivity contribution is 6.02. The van der Waals surface area contributed by atoms with E-state index < -0.39 is 0 Å². The van der Waals surface area contributed by atoms with E-state index in [2.05, 4.69) is 15.4 Å². The Morgan fingerprint density at radius 3 is 2.80 bits per heavy atom. The standard InChI is InChI=1S/C19H20N4O2/c1-13-10-15(22-25-13)12-20-19(24)16-11-14-6-2-3-7-17(14)21-18(16)23-8-4-5-9-23/h2-3,6-7,10-11H,4-5,8-9,12H2,1H3,(H,20,24). The van der Waals surface area contributed by atoms with Crippen LogP contribution >= 0.6 is 0 Å². The number of fused-ring (bicyclic) bond motifs is 1. The van der Waals surface area contributed by atoms with Crippen molar-refractivity contribution in [2.75, 3.05) is 18.0 Å². The Kier molecular flexibility index (Phi) is 4.09. The van der Waals surface area contributed by atoms with Gasteiger partial charge in [-0.1, -0.05) is 23.4 Å². The van der Waals surface area contributed by atoms with Gasteiger partial charge in [0.2, 0.25) is 0 Å². The molecule has 1 aromatic carbocycles. The normalized spacial score (nSPS) is 14.2. The molecule has 4 rings (SSSR count). The fourth-order valence-corrected chi connectivity index (χ4v) is 3.21. The van der Waals surface area contributed by atoms with Gasteiger partial charge in [-0.2, -0.15) is 0 Å². The number of aryl methyl sites for hydroxylation is 1. The summed E-state index contributed by atoms with van der Waals surface area (Å²) < 4.78 is 5.04. The molecule has 0 spiro atoms. The van der Waals surface area contributed by atoms with Gasteiger partial charge in [0.05, 0.1) is 17.6 Å². The Hall–Kier alpha value is -2.89. The number of benzene rings is 1. The maximum Gasteiger partial charge on any atom is 0.255 e. The number of nitrogens with zero attached hydrogens (tertiary/aromatic N) is 3. The molecule has 128 valence electrons. The van der Waals surface area contributed by atoms with Gasteiger partial charge in [-0.25, -0.2) is 4.98 Å². The SMILES string of the molecule is Cc1cc(CNC(=O)c2cc3ccccc3nc2N2CCCC2)no1. The molecular weight excluding hydrogens is 316 g/mol. The molecule has 0 atom stereocenters. The van der Waals surface area contributed by atoms with Gasteiger partial charge in [0.15, 0.2) is 0 Å². The third-order valence-corrected chi connectivity index (χ3v) is 4.46. The van der Waals surface area contributed by atoms with Crippen LogP contribution in [0.4, 0.5) is 5.82 Å². The summed E-state index contributed by atoms with van der Waals surface area (Å²) in [4.78, 5) is 19.8. The summed E-state index contributed by atoms with van der Waals surface area (Å²) >= 11 is 0. The fraction of sp³-hybridized carbons (Fsp3) is 0.316. The second kappa shape index (κ2) is 6.55. The first-order valence-electron chi connectivity index (χ1n) is 8.56. The minimum Gasteiger partial charge on any atom is -0.361 e.